The lowest BCUT2D eigenvalue weighted by Crippen LogP contribution is -2.44. The van der Waals surface area contributed by atoms with E-state index in [2.05, 4.69) is 11.9 Å². The Kier molecular flexibility index (Phi) is 3.79. The van der Waals surface area contributed by atoms with Crippen molar-refractivity contribution in [2.45, 2.75) is 30.9 Å². The van der Waals surface area contributed by atoms with E-state index in [4.69, 9.17) is 20.9 Å². The van der Waals surface area contributed by atoms with E-state index in [0.29, 0.717) is 6.61 Å². The maximum absolute atomic E-state index is 6.21. The Hall–Kier alpha value is -0.980. The molecule has 0 radical (unpaired) electrons. The van der Waals surface area contributed by atoms with Crippen molar-refractivity contribution in [3.05, 3.63) is 35.4 Å². The molecule has 1 unspecified atom stereocenters. The summed E-state index contributed by atoms with van der Waals surface area (Å²) in [5.41, 5.74) is 13.2. The van der Waals surface area contributed by atoms with Crippen molar-refractivity contribution < 1.29 is 9.47 Å². The third-order valence-corrected chi connectivity index (χ3v) is 4.35. The van der Waals surface area contributed by atoms with Gasteiger partial charge in [0.25, 0.3) is 0 Å². The molecule has 0 aliphatic carbocycles. The maximum atomic E-state index is 6.21. The zero-order valence-corrected chi connectivity index (χ0v) is 11.9. The molecule has 110 valence electrons. The van der Waals surface area contributed by atoms with Crippen LogP contribution in [0.25, 0.3) is 0 Å². The second-order valence-electron chi connectivity index (χ2n) is 5.94. The molecule has 0 saturated carbocycles. The van der Waals surface area contributed by atoms with Crippen LogP contribution >= 0.6 is 0 Å². The van der Waals surface area contributed by atoms with Crippen LogP contribution in [0.4, 0.5) is 0 Å². The Bertz CT molecular complexity index is 453. The normalized spacial score (nSPS) is 26.5. The van der Waals surface area contributed by atoms with Crippen molar-refractivity contribution in [1.29, 1.82) is 0 Å². The van der Waals surface area contributed by atoms with Gasteiger partial charge in [-0.05, 0) is 25.5 Å². The molecule has 2 heterocycles. The Balaban J connectivity index is 1.67. The van der Waals surface area contributed by atoms with E-state index in [1.165, 1.54) is 0 Å². The van der Waals surface area contributed by atoms with Crippen molar-refractivity contribution in [1.82, 2.24) is 4.90 Å². The molecule has 1 atom stereocenters. The van der Waals surface area contributed by atoms with Crippen LogP contribution in [0.15, 0.2) is 24.3 Å². The molecule has 2 aliphatic rings. The van der Waals surface area contributed by atoms with Gasteiger partial charge in [0.2, 0.25) is 0 Å². The van der Waals surface area contributed by atoms with Crippen LogP contribution in [0.2, 0.25) is 0 Å². The van der Waals surface area contributed by atoms with Gasteiger partial charge in [-0.3, -0.25) is 0 Å². The van der Waals surface area contributed by atoms with E-state index >= 15 is 0 Å². The maximum Gasteiger partial charge on any atom is 0.184 e. The summed E-state index contributed by atoms with van der Waals surface area (Å²) in [5.74, 6) is 0. The van der Waals surface area contributed by atoms with Crippen molar-refractivity contribution in [3.63, 3.8) is 0 Å². The predicted molar refractivity (Wildman–Crippen MR) is 76.8 cm³/mol. The highest BCUT2D eigenvalue weighted by molar-refractivity contribution is 5.25. The van der Waals surface area contributed by atoms with E-state index in [9.17, 15) is 0 Å². The lowest BCUT2D eigenvalue weighted by molar-refractivity contribution is -0.108. The van der Waals surface area contributed by atoms with Crippen molar-refractivity contribution in [2.75, 3.05) is 26.7 Å². The molecule has 5 nitrogen and oxygen atoms in total. The van der Waals surface area contributed by atoms with Crippen LogP contribution in [0, 0.1) is 0 Å². The van der Waals surface area contributed by atoms with E-state index in [-0.39, 0.29) is 11.9 Å². The Morgan fingerprint density at radius 2 is 1.85 bits per heavy atom. The molecule has 1 aromatic rings. The number of ether oxygens (including phenoxy) is 2. The third kappa shape index (κ3) is 2.73. The summed E-state index contributed by atoms with van der Waals surface area (Å²) in [6, 6.07) is 7.85. The number of benzene rings is 1. The van der Waals surface area contributed by atoms with Gasteiger partial charge < -0.3 is 25.8 Å². The predicted octanol–water partition coefficient (Wildman–Crippen LogP) is 1.11. The number of nitrogens with two attached hydrogens (primary N) is 2. The smallest absolute Gasteiger partial charge is 0.184 e. The first-order valence-electron chi connectivity index (χ1n) is 7.17. The highest BCUT2D eigenvalue weighted by Crippen LogP contribution is 2.39. The summed E-state index contributed by atoms with van der Waals surface area (Å²) >= 11 is 0. The van der Waals surface area contributed by atoms with Crippen LogP contribution in [-0.4, -0.2) is 37.2 Å². The Labute approximate surface area is 119 Å². The first-order chi connectivity index (χ1) is 9.58. The monoisotopic (exact) mass is 277 g/mol. The Morgan fingerprint density at radius 1 is 1.20 bits per heavy atom. The van der Waals surface area contributed by atoms with Gasteiger partial charge in [0, 0.05) is 18.7 Å². The van der Waals surface area contributed by atoms with Crippen molar-refractivity contribution in [3.8, 4) is 0 Å². The number of hydrogen-bond donors (Lipinski definition) is 2. The molecule has 1 spiro atoms. The fraction of sp³-hybridized carbons (Fsp3) is 0.600. The molecule has 4 N–H and O–H groups in total. The van der Waals surface area contributed by atoms with Crippen LogP contribution in [0.3, 0.4) is 0 Å². The fourth-order valence-electron chi connectivity index (χ4n) is 2.85. The highest BCUT2D eigenvalue weighted by atomic mass is 16.7. The minimum absolute atomic E-state index is 0.0971. The molecule has 3 rings (SSSR count). The average molecular weight is 277 g/mol. The number of piperidine rings is 1. The quantitative estimate of drug-likeness (QED) is 0.792. The fourth-order valence-corrected chi connectivity index (χ4v) is 2.85. The molecule has 0 bridgehead atoms. The summed E-state index contributed by atoms with van der Waals surface area (Å²) in [7, 11) is 2.15. The zero-order chi connectivity index (χ0) is 14.2. The molecule has 2 aliphatic heterocycles. The molecular formula is C15H23N3O2. The number of rotatable bonds is 2. The largest absolute Gasteiger partial charge is 0.345 e. The molecule has 5 heteroatoms. The SMILES string of the molecule is CN1CCC2(CC1)COC(c1ccc(C(N)N)cc1)O2. The number of hydrogen-bond acceptors (Lipinski definition) is 5. The highest BCUT2D eigenvalue weighted by Gasteiger charge is 2.43. The van der Waals surface area contributed by atoms with Gasteiger partial charge in [-0.25, -0.2) is 0 Å². The molecular weight excluding hydrogens is 254 g/mol. The van der Waals surface area contributed by atoms with Gasteiger partial charge in [-0.2, -0.15) is 0 Å². The van der Waals surface area contributed by atoms with Crippen LogP contribution in [-0.2, 0) is 9.47 Å². The zero-order valence-electron chi connectivity index (χ0n) is 11.9. The van der Waals surface area contributed by atoms with Crippen molar-refractivity contribution >= 4 is 0 Å². The second-order valence-corrected chi connectivity index (χ2v) is 5.94. The van der Waals surface area contributed by atoms with Crippen LogP contribution in [0.1, 0.15) is 36.4 Å². The molecule has 2 fully saturated rings. The lowest BCUT2D eigenvalue weighted by atomic mass is 9.93. The molecule has 20 heavy (non-hydrogen) atoms. The summed E-state index contributed by atoms with van der Waals surface area (Å²) < 4.78 is 12.1. The summed E-state index contributed by atoms with van der Waals surface area (Å²) in [6.07, 6.45) is 1.37. The average Bonchev–Trinajstić information content (AvgIpc) is 2.87. The molecule has 2 saturated heterocycles. The lowest BCUT2D eigenvalue weighted by Gasteiger charge is -2.35. The summed E-state index contributed by atoms with van der Waals surface area (Å²) in [4.78, 5) is 2.33. The van der Waals surface area contributed by atoms with Gasteiger partial charge in [0.1, 0.15) is 0 Å². The second kappa shape index (κ2) is 5.42. The van der Waals surface area contributed by atoms with Gasteiger partial charge in [0.05, 0.1) is 18.4 Å². The number of likely N-dealkylation sites (tertiary alicyclic amines) is 1. The van der Waals surface area contributed by atoms with Gasteiger partial charge in [-0.15, -0.1) is 0 Å². The van der Waals surface area contributed by atoms with Gasteiger partial charge in [-0.1, -0.05) is 24.3 Å². The topological polar surface area (TPSA) is 73.7 Å². The molecule has 1 aromatic carbocycles. The van der Waals surface area contributed by atoms with Gasteiger partial charge >= 0.3 is 0 Å². The van der Waals surface area contributed by atoms with Gasteiger partial charge in [0.15, 0.2) is 6.29 Å². The first kappa shape index (κ1) is 14.0. The Morgan fingerprint density at radius 3 is 2.45 bits per heavy atom. The van der Waals surface area contributed by atoms with E-state index in [1.54, 1.807) is 0 Å². The minimum Gasteiger partial charge on any atom is -0.345 e. The third-order valence-electron chi connectivity index (χ3n) is 4.35. The number of nitrogens with zero attached hydrogens (tertiary/aromatic N) is 1. The molecule has 0 amide bonds. The summed E-state index contributed by atoms with van der Waals surface area (Å²) in [6.45, 7) is 2.82. The minimum atomic E-state index is -0.435. The van der Waals surface area contributed by atoms with Crippen LogP contribution < -0.4 is 11.5 Å². The van der Waals surface area contributed by atoms with Crippen LogP contribution in [0.5, 0.6) is 0 Å². The van der Waals surface area contributed by atoms with Crippen molar-refractivity contribution in [2.24, 2.45) is 11.5 Å². The van der Waals surface area contributed by atoms with E-state index < -0.39 is 6.17 Å². The molecule has 0 aromatic heterocycles. The van der Waals surface area contributed by atoms with E-state index in [1.807, 2.05) is 24.3 Å². The first-order valence-corrected chi connectivity index (χ1v) is 7.17. The summed E-state index contributed by atoms with van der Waals surface area (Å²) in [5, 5.41) is 0. The standard InChI is InChI=1S/C15H23N3O2/c1-18-8-6-15(7-9-18)10-19-14(20-15)12-4-2-11(3-5-12)13(16)17/h2-5,13-14H,6-10,16-17H2,1H3. The van der Waals surface area contributed by atoms with E-state index in [0.717, 1.165) is 37.1 Å².